The number of thiazole rings is 1. The number of hydrogen-bond donors (Lipinski definition) is 2. The van der Waals surface area contributed by atoms with Crippen molar-refractivity contribution in [2.75, 3.05) is 13.6 Å². The van der Waals surface area contributed by atoms with Crippen molar-refractivity contribution >= 4 is 23.3 Å². The van der Waals surface area contributed by atoms with E-state index in [1.54, 1.807) is 23.3 Å². The molecule has 1 fully saturated rings. The summed E-state index contributed by atoms with van der Waals surface area (Å²) in [5.41, 5.74) is 0.888. The minimum atomic E-state index is -0.181. The second-order valence-corrected chi connectivity index (χ2v) is 6.81. The summed E-state index contributed by atoms with van der Waals surface area (Å²) in [7, 11) is 1.72. The Balaban J connectivity index is 1.63. The maximum atomic E-state index is 11.9. The Labute approximate surface area is 135 Å². The van der Waals surface area contributed by atoms with E-state index in [-0.39, 0.29) is 11.9 Å². The molecule has 1 aromatic heterocycles. The Hall–Kier alpha value is -1.63. The lowest BCUT2D eigenvalue weighted by atomic mass is 10.2. The first-order valence-corrected chi connectivity index (χ1v) is 8.62. The lowest BCUT2D eigenvalue weighted by molar-refractivity contribution is -0.121. The first kappa shape index (κ1) is 16.7. The second-order valence-electron chi connectivity index (χ2n) is 5.74. The van der Waals surface area contributed by atoms with Gasteiger partial charge in [-0.2, -0.15) is 0 Å². The first-order valence-electron chi connectivity index (χ1n) is 7.74. The Morgan fingerprint density at radius 3 is 2.77 bits per heavy atom. The molecule has 0 aromatic carbocycles. The number of aryl methyl sites for hydroxylation is 1. The number of carbonyl (C=O) groups is 2. The smallest absolute Gasteiger partial charge is 0.317 e. The van der Waals surface area contributed by atoms with Crippen LogP contribution in [0.25, 0.3) is 0 Å². The van der Waals surface area contributed by atoms with Crippen molar-refractivity contribution in [3.05, 3.63) is 16.1 Å². The van der Waals surface area contributed by atoms with Gasteiger partial charge in [0, 0.05) is 31.4 Å². The number of amides is 3. The molecule has 0 atom stereocenters. The van der Waals surface area contributed by atoms with E-state index in [1.807, 2.05) is 12.3 Å². The molecule has 1 aliphatic carbocycles. The molecule has 1 aliphatic rings. The molecule has 0 unspecified atom stereocenters. The van der Waals surface area contributed by atoms with Crippen LogP contribution < -0.4 is 10.6 Å². The van der Waals surface area contributed by atoms with E-state index < -0.39 is 0 Å². The molecule has 0 bridgehead atoms. The van der Waals surface area contributed by atoms with Gasteiger partial charge in [0.2, 0.25) is 5.91 Å². The molecule has 2 N–H and O–H groups in total. The molecule has 2 rings (SSSR count). The fraction of sp³-hybridized carbons (Fsp3) is 0.667. The third-order valence-corrected chi connectivity index (χ3v) is 4.58. The van der Waals surface area contributed by atoms with Gasteiger partial charge in [-0.1, -0.05) is 12.8 Å². The fourth-order valence-corrected chi connectivity index (χ4v) is 3.19. The van der Waals surface area contributed by atoms with Gasteiger partial charge in [0.05, 0.1) is 17.2 Å². The zero-order chi connectivity index (χ0) is 15.9. The second kappa shape index (κ2) is 8.12. The summed E-state index contributed by atoms with van der Waals surface area (Å²) in [5, 5.41) is 8.72. The molecular weight excluding hydrogens is 300 g/mol. The molecule has 22 heavy (non-hydrogen) atoms. The van der Waals surface area contributed by atoms with Crippen molar-refractivity contribution in [3.8, 4) is 0 Å². The van der Waals surface area contributed by atoms with Gasteiger partial charge in [0.1, 0.15) is 0 Å². The van der Waals surface area contributed by atoms with Gasteiger partial charge >= 0.3 is 6.03 Å². The van der Waals surface area contributed by atoms with Crippen LogP contribution in [0.1, 0.15) is 42.8 Å². The maximum absolute atomic E-state index is 11.9. The normalized spacial score (nSPS) is 14.8. The number of rotatable bonds is 6. The molecule has 1 heterocycles. The number of nitrogens with zero attached hydrogens (tertiary/aromatic N) is 2. The zero-order valence-corrected chi connectivity index (χ0v) is 14.0. The van der Waals surface area contributed by atoms with Gasteiger partial charge in [-0.15, -0.1) is 11.3 Å². The highest BCUT2D eigenvalue weighted by atomic mass is 32.1. The standard InChI is InChI=1S/C15H24N4O2S/c1-11-17-13(10-22-11)9-19(2)15(21)16-8-7-14(20)18-12-5-3-4-6-12/h10,12H,3-9H2,1-2H3,(H,16,21)(H,18,20). The number of aromatic nitrogens is 1. The summed E-state index contributed by atoms with van der Waals surface area (Å²) >= 11 is 1.57. The van der Waals surface area contributed by atoms with Crippen LogP contribution in [0.15, 0.2) is 5.38 Å². The molecule has 7 heteroatoms. The predicted molar refractivity (Wildman–Crippen MR) is 86.7 cm³/mol. The topological polar surface area (TPSA) is 74.3 Å². The Morgan fingerprint density at radius 1 is 1.41 bits per heavy atom. The number of carbonyl (C=O) groups excluding carboxylic acids is 2. The largest absolute Gasteiger partial charge is 0.353 e. The average Bonchev–Trinajstić information content (AvgIpc) is 3.10. The molecule has 1 aromatic rings. The molecular formula is C15H24N4O2S. The molecule has 0 saturated heterocycles. The van der Waals surface area contributed by atoms with E-state index in [4.69, 9.17) is 0 Å². The van der Waals surface area contributed by atoms with Crippen LogP contribution in [0.4, 0.5) is 4.79 Å². The van der Waals surface area contributed by atoms with Gasteiger partial charge in [0.25, 0.3) is 0 Å². The summed E-state index contributed by atoms with van der Waals surface area (Å²) in [6.07, 6.45) is 4.87. The van der Waals surface area contributed by atoms with E-state index in [9.17, 15) is 9.59 Å². The third kappa shape index (κ3) is 5.29. The first-order chi connectivity index (χ1) is 10.5. The molecule has 122 valence electrons. The molecule has 0 aliphatic heterocycles. The lowest BCUT2D eigenvalue weighted by Crippen LogP contribution is -2.40. The predicted octanol–water partition coefficient (Wildman–Crippen LogP) is 2.04. The Morgan fingerprint density at radius 2 is 2.14 bits per heavy atom. The quantitative estimate of drug-likeness (QED) is 0.841. The minimum absolute atomic E-state index is 0.0185. The van der Waals surface area contributed by atoms with Gasteiger partial charge in [0.15, 0.2) is 0 Å². The van der Waals surface area contributed by atoms with Crippen molar-refractivity contribution in [3.63, 3.8) is 0 Å². The SMILES string of the molecule is Cc1nc(CN(C)C(=O)NCCC(=O)NC2CCCC2)cs1. The zero-order valence-electron chi connectivity index (χ0n) is 13.2. The van der Waals surface area contributed by atoms with Crippen LogP contribution in [-0.2, 0) is 11.3 Å². The summed E-state index contributed by atoms with van der Waals surface area (Å²) < 4.78 is 0. The van der Waals surface area contributed by atoms with Gasteiger partial charge in [-0.25, -0.2) is 9.78 Å². The van der Waals surface area contributed by atoms with Crippen molar-refractivity contribution in [1.29, 1.82) is 0 Å². The Kier molecular flexibility index (Phi) is 6.18. The number of nitrogens with one attached hydrogen (secondary N) is 2. The van der Waals surface area contributed by atoms with Crippen LogP contribution in [0, 0.1) is 6.92 Å². The van der Waals surface area contributed by atoms with Gasteiger partial charge in [-0.3, -0.25) is 4.79 Å². The van der Waals surface area contributed by atoms with Crippen LogP contribution in [0.3, 0.4) is 0 Å². The van der Waals surface area contributed by atoms with E-state index in [2.05, 4.69) is 15.6 Å². The lowest BCUT2D eigenvalue weighted by Gasteiger charge is -2.17. The van der Waals surface area contributed by atoms with Gasteiger partial charge in [-0.05, 0) is 19.8 Å². The van der Waals surface area contributed by atoms with E-state index in [1.165, 1.54) is 12.8 Å². The average molecular weight is 324 g/mol. The van der Waals surface area contributed by atoms with Crippen molar-refractivity contribution in [2.45, 2.75) is 51.6 Å². The highest BCUT2D eigenvalue weighted by molar-refractivity contribution is 7.09. The van der Waals surface area contributed by atoms with E-state index in [0.29, 0.717) is 25.6 Å². The van der Waals surface area contributed by atoms with E-state index in [0.717, 1.165) is 23.5 Å². The number of hydrogen-bond acceptors (Lipinski definition) is 4. The monoisotopic (exact) mass is 324 g/mol. The molecule has 1 saturated carbocycles. The van der Waals surface area contributed by atoms with Crippen LogP contribution in [-0.4, -0.2) is 41.5 Å². The summed E-state index contributed by atoms with van der Waals surface area (Å²) in [4.78, 5) is 29.6. The van der Waals surface area contributed by atoms with Crippen LogP contribution >= 0.6 is 11.3 Å². The summed E-state index contributed by atoms with van der Waals surface area (Å²) in [6, 6.07) is 0.151. The summed E-state index contributed by atoms with van der Waals surface area (Å²) in [6.45, 7) is 2.78. The number of urea groups is 1. The highest BCUT2D eigenvalue weighted by Gasteiger charge is 2.17. The summed E-state index contributed by atoms with van der Waals surface area (Å²) in [5.74, 6) is 0.0185. The molecule has 6 nitrogen and oxygen atoms in total. The minimum Gasteiger partial charge on any atom is -0.353 e. The van der Waals surface area contributed by atoms with Crippen molar-refractivity contribution in [1.82, 2.24) is 20.5 Å². The molecule has 0 radical (unpaired) electrons. The van der Waals surface area contributed by atoms with Crippen LogP contribution in [0.2, 0.25) is 0 Å². The molecule has 0 spiro atoms. The van der Waals surface area contributed by atoms with Crippen LogP contribution in [0.5, 0.6) is 0 Å². The highest BCUT2D eigenvalue weighted by Crippen LogP contribution is 2.17. The van der Waals surface area contributed by atoms with E-state index >= 15 is 0 Å². The third-order valence-electron chi connectivity index (χ3n) is 3.76. The molecule has 3 amide bonds. The maximum Gasteiger partial charge on any atom is 0.317 e. The van der Waals surface area contributed by atoms with Crippen molar-refractivity contribution < 1.29 is 9.59 Å². The van der Waals surface area contributed by atoms with Gasteiger partial charge < -0.3 is 15.5 Å². The van der Waals surface area contributed by atoms with Crippen molar-refractivity contribution in [2.24, 2.45) is 0 Å². The fourth-order valence-electron chi connectivity index (χ4n) is 2.58. The Bertz CT molecular complexity index is 511.